The van der Waals surface area contributed by atoms with Gasteiger partial charge in [0.1, 0.15) is 0 Å². The van der Waals surface area contributed by atoms with Crippen LogP contribution in [-0.4, -0.2) is 11.1 Å². The summed E-state index contributed by atoms with van der Waals surface area (Å²) in [6.07, 6.45) is 0. The van der Waals surface area contributed by atoms with Crippen molar-refractivity contribution in [1.82, 2.24) is 0 Å². The third-order valence-corrected chi connectivity index (χ3v) is 6.19. The van der Waals surface area contributed by atoms with Gasteiger partial charge in [0.15, 0.2) is 0 Å². The molecule has 5 rings (SSSR count). The van der Waals surface area contributed by atoms with E-state index >= 15 is 0 Å². The number of para-hydroxylation sites is 2. The molecule has 0 fully saturated rings. The zero-order valence-corrected chi connectivity index (χ0v) is 17.5. The van der Waals surface area contributed by atoms with Gasteiger partial charge in [-0.1, -0.05) is 62.4 Å². The molecule has 0 atom stereocenters. The number of anilines is 3. The molecular formula is C28H23NO2. The van der Waals surface area contributed by atoms with Crippen molar-refractivity contribution in [2.45, 2.75) is 19.3 Å². The van der Waals surface area contributed by atoms with Crippen LogP contribution in [0.25, 0.3) is 11.1 Å². The molecule has 0 bridgehead atoms. The van der Waals surface area contributed by atoms with Gasteiger partial charge in [0.05, 0.1) is 5.56 Å². The number of hydrogen-bond acceptors (Lipinski definition) is 2. The Morgan fingerprint density at radius 1 is 0.677 bits per heavy atom. The lowest BCUT2D eigenvalue weighted by Gasteiger charge is -2.28. The number of aromatic carboxylic acids is 1. The number of carbonyl (C=O) groups is 1. The van der Waals surface area contributed by atoms with E-state index < -0.39 is 5.97 Å². The molecule has 1 aliphatic rings. The highest BCUT2D eigenvalue weighted by atomic mass is 16.4. The third kappa shape index (κ3) is 3.10. The summed E-state index contributed by atoms with van der Waals surface area (Å²) in [7, 11) is 0. The van der Waals surface area contributed by atoms with Gasteiger partial charge in [-0.25, -0.2) is 4.79 Å². The molecule has 1 N–H and O–H groups in total. The Morgan fingerprint density at radius 2 is 1.19 bits per heavy atom. The summed E-state index contributed by atoms with van der Waals surface area (Å²) in [5.41, 5.74) is 7.86. The fourth-order valence-corrected chi connectivity index (χ4v) is 4.60. The van der Waals surface area contributed by atoms with Crippen molar-refractivity contribution in [3.63, 3.8) is 0 Å². The highest BCUT2D eigenvalue weighted by Crippen LogP contribution is 2.50. The minimum Gasteiger partial charge on any atom is -0.478 e. The Bertz CT molecular complexity index is 1240. The average Bonchev–Trinajstić information content (AvgIpc) is 3.02. The van der Waals surface area contributed by atoms with Crippen LogP contribution >= 0.6 is 0 Å². The molecule has 0 spiro atoms. The van der Waals surface area contributed by atoms with E-state index in [0.717, 1.165) is 28.2 Å². The Labute approximate surface area is 182 Å². The van der Waals surface area contributed by atoms with E-state index in [1.807, 2.05) is 48.5 Å². The number of rotatable bonds is 4. The highest BCUT2D eigenvalue weighted by molar-refractivity contribution is 5.92. The van der Waals surface area contributed by atoms with Crippen LogP contribution in [0.2, 0.25) is 0 Å². The lowest BCUT2D eigenvalue weighted by molar-refractivity contribution is 0.0696. The molecule has 4 aromatic rings. The Kier molecular flexibility index (Phi) is 4.40. The predicted octanol–water partition coefficient (Wildman–Crippen LogP) is 7.16. The smallest absolute Gasteiger partial charge is 0.335 e. The van der Waals surface area contributed by atoms with E-state index in [1.165, 1.54) is 11.1 Å². The zero-order chi connectivity index (χ0) is 21.6. The molecule has 0 unspecified atom stereocenters. The van der Waals surface area contributed by atoms with E-state index in [9.17, 15) is 9.90 Å². The Morgan fingerprint density at radius 3 is 1.74 bits per heavy atom. The zero-order valence-electron chi connectivity index (χ0n) is 17.5. The van der Waals surface area contributed by atoms with Gasteiger partial charge in [0.2, 0.25) is 0 Å². The topological polar surface area (TPSA) is 40.5 Å². The first kappa shape index (κ1) is 19.1. The third-order valence-electron chi connectivity index (χ3n) is 6.19. The van der Waals surface area contributed by atoms with Crippen molar-refractivity contribution in [3.05, 3.63) is 114 Å². The van der Waals surface area contributed by atoms with Crippen molar-refractivity contribution in [2.75, 3.05) is 4.90 Å². The number of fused-ring (bicyclic) bond motifs is 3. The second kappa shape index (κ2) is 7.13. The van der Waals surface area contributed by atoms with Crippen molar-refractivity contribution in [3.8, 4) is 11.1 Å². The van der Waals surface area contributed by atoms with Gasteiger partial charge in [-0.3, -0.25) is 0 Å². The number of benzene rings is 4. The van der Waals surface area contributed by atoms with Crippen LogP contribution in [0, 0.1) is 0 Å². The fraction of sp³-hybridized carbons (Fsp3) is 0.107. The summed E-state index contributed by atoms with van der Waals surface area (Å²) in [6.45, 7) is 4.34. The van der Waals surface area contributed by atoms with E-state index in [4.69, 9.17) is 0 Å². The lowest BCUT2D eigenvalue weighted by atomic mass is 9.81. The SMILES string of the molecule is CC1(C)c2cc(C(=O)O)ccc2-c2ccc(N(c3ccccc3)c3ccccc3)cc21. The van der Waals surface area contributed by atoms with Crippen LogP contribution in [0.4, 0.5) is 17.1 Å². The molecule has 0 radical (unpaired) electrons. The normalized spacial score (nSPS) is 13.4. The first-order valence-corrected chi connectivity index (χ1v) is 10.4. The molecule has 0 aromatic heterocycles. The molecule has 0 saturated carbocycles. The van der Waals surface area contributed by atoms with Crippen molar-refractivity contribution >= 4 is 23.0 Å². The van der Waals surface area contributed by atoms with Crippen molar-refractivity contribution in [2.24, 2.45) is 0 Å². The van der Waals surface area contributed by atoms with E-state index in [1.54, 1.807) is 6.07 Å². The summed E-state index contributed by atoms with van der Waals surface area (Å²) < 4.78 is 0. The number of carboxylic acid groups (broad SMARTS) is 1. The first-order chi connectivity index (χ1) is 15.0. The van der Waals surface area contributed by atoms with Crippen molar-refractivity contribution < 1.29 is 9.90 Å². The Balaban J connectivity index is 1.67. The quantitative estimate of drug-likeness (QED) is 0.391. The molecule has 0 saturated heterocycles. The van der Waals surface area contributed by atoms with Gasteiger partial charge in [0, 0.05) is 22.5 Å². The summed E-state index contributed by atoms with van der Waals surface area (Å²) >= 11 is 0. The standard InChI is InChI=1S/C28H23NO2/c1-28(2)25-17-19(27(30)31)13-15-23(25)24-16-14-22(18-26(24)28)29(20-9-5-3-6-10-20)21-11-7-4-8-12-21/h3-18H,1-2H3,(H,30,31). The second-order valence-electron chi connectivity index (χ2n) is 8.43. The minimum atomic E-state index is -0.894. The number of hydrogen-bond donors (Lipinski definition) is 1. The van der Waals surface area contributed by atoms with E-state index in [0.29, 0.717) is 5.56 Å². The molecule has 3 nitrogen and oxygen atoms in total. The van der Waals surface area contributed by atoms with Gasteiger partial charge < -0.3 is 10.0 Å². The maximum atomic E-state index is 11.5. The van der Waals surface area contributed by atoms with Gasteiger partial charge >= 0.3 is 5.97 Å². The van der Waals surface area contributed by atoms with Crippen LogP contribution in [-0.2, 0) is 5.41 Å². The van der Waals surface area contributed by atoms with Gasteiger partial charge in [-0.15, -0.1) is 0 Å². The van der Waals surface area contributed by atoms with Gasteiger partial charge in [0.25, 0.3) is 0 Å². The fourth-order valence-electron chi connectivity index (χ4n) is 4.60. The molecular weight excluding hydrogens is 382 g/mol. The molecule has 4 aromatic carbocycles. The second-order valence-corrected chi connectivity index (χ2v) is 8.43. The maximum Gasteiger partial charge on any atom is 0.335 e. The molecule has 3 heteroatoms. The number of nitrogens with zero attached hydrogens (tertiary/aromatic N) is 1. The molecule has 0 heterocycles. The Hall–Kier alpha value is -3.85. The van der Waals surface area contributed by atoms with Gasteiger partial charge in [-0.2, -0.15) is 0 Å². The maximum absolute atomic E-state index is 11.5. The monoisotopic (exact) mass is 405 g/mol. The minimum absolute atomic E-state index is 0.287. The molecule has 1 aliphatic carbocycles. The van der Waals surface area contributed by atoms with E-state index in [2.05, 4.69) is 61.2 Å². The van der Waals surface area contributed by atoms with Crippen LogP contribution in [0.3, 0.4) is 0 Å². The van der Waals surface area contributed by atoms with Crippen LogP contribution in [0.5, 0.6) is 0 Å². The molecule has 0 amide bonds. The van der Waals surface area contributed by atoms with Gasteiger partial charge in [-0.05, 0) is 70.8 Å². The largest absolute Gasteiger partial charge is 0.478 e. The first-order valence-electron chi connectivity index (χ1n) is 10.4. The van der Waals surface area contributed by atoms with E-state index in [-0.39, 0.29) is 5.41 Å². The summed E-state index contributed by atoms with van der Waals surface area (Å²) in [5, 5.41) is 9.47. The van der Waals surface area contributed by atoms with Crippen molar-refractivity contribution in [1.29, 1.82) is 0 Å². The highest BCUT2D eigenvalue weighted by Gasteiger charge is 2.36. The molecule has 0 aliphatic heterocycles. The lowest BCUT2D eigenvalue weighted by Crippen LogP contribution is -2.17. The van der Waals surface area contributed by atoms with Crippen LogP contribution < -0.4 is 4.90 Å². The summed E-state index contributed by atoms with van der Waals surface area (Å²) in [4.78, 5) is 13.8. The summed E-state index contributed by atoms with van der Waals surface area (Å²) in [5.74, 6) is -0.894. The molecule has 152 valence electrons. The predicted molar refractivity (Wildman–Crippen MR) is 126 cm³/mol. The average molecular weight is 405 g/mol. The summed E-state index contributed by atoms with van der Waals surface area (Å²) in [6, 6.07) is 32.7. The number of carboxylic acids is 1. The molecule has 31 heavy (non-hydrogen) atoms. The van der Waals surface area contributed by atoms with Crippen LogP contribution in [0.15, 0.2) is 97.1 Å². The van der Waals surface area contributed by atoms with Crippen LogP contribution in [0.1, 0.15) is 35.3 Å².